The van der Waals surface area contributed by atoms with Gasteiger partial charge in [0, 0.05) is 12.6 Å². The molecule has 102 valence electrons. The number of likely N-dealkylation sites (N-methyl/N-ethyl adjacent to an activating group) is 1. The molecule has 1 aromatic rings. The molecular formula is C14H23NO3. The molecular weight excluding hydrogens is 230 g/mol. The second-order valence-electron chi connectivity index (χ2n) is 4.54. The second kappa shape index (κ2) is 8.08. The van der Waals surface area contributed by atoms with Gasteiger partial charge in [0.15, 0.2) is 0 Å². The minimum absolute atomic E-state index is 0.0762. The van der Waals surface area contributed by atoms with E-state index in [1.54, 1.807) is 12.1 Å². The van der Waals surface area contributed by atoms with E-state index in [2.05, 4.69) is 18.9 Å². The van der Waals surface area contributed by atoms with Crippen LogP contribution in [0.1, 0.15) is 12.5 Å². The molecule has 0 saturated carbocycles. The lowest BCUT2D eigenvalue weighted by Crippen LogP contribution is -2.33. The van der Waals surface area contributed by atoms with Gasteiger partial charge in [-0.1, -0.05) is 12.1 Å². The summed E-state index contributed by atoms with van der Waals surface area (Å²) >= 11 is 0. The first-order chi connectivity index (χ1) is 8.63. The highest BCUT2D eigenvalue weighted by Gasteiger charge is 2.09. The van der Waals surface area contributed by atoms with E-state index in [1.807, 2.05) is 12.1 Å². The van der Waals surface area contributed by atoms with Crippen molar-refractivity contribution in [2.75, 3.05) is 33.4 Å². The molecule has 0 heterocycles. The van der Waals surface area contributed by atoms with Gasteiger partial charge in [-0.15, -0.1) is 0 Å². The fourth-order valence-corrected chi connectivity index (χ4v) is 1.72. The van der Waals surface area contributed by atoms with Crippen LogP contribution in [0.5, 0.6) is 5.75 Å². The molecule has 0 spiro atoms. The highest BCUT2D eigenvalue weighted by atomic mass is 16.5. The molecule has 1 aromatic carbocycles. The minimum Gasteiger partial charge on any atom is -0.508 e. The number of ether oxygens (including phenoxy) is 1. The zero-order valence-electron chi connectivity index (χ0n) is 11.2. The van der Waals surface area contributed by atoms with Crippen molar-refractivity contribution in [2.24, 2.45) is 0 Å². The Morgan fingerprint density at radius 2 is 1.89 bits per heavy atom. The number of benzene rings is 1. The second-order valence-corrected chi connectivity index (χ2v) is 4.54. The Morgan fingerprint density at radius 1 is 1.22 bits per heavy atom. The topological polar surface area (TPSA) is 52.9 Å². The van der Waals surface area contributed by atoms with Crippen molar-refractivity contribution < 1.29 is 14.9 Å². The van der Waals surface area contributed by atoms with Crippen molar-refractivity contribution in [1.82, 2.24) is 4.90 Å². The number of hydrogen-bond donors (Lipinski definition) is 2. The number of rotatable bonds is 8. The molecule has 4 nitrogen and oxygen atoms in total. The van der Waals surface area contributed by atoms with Gasteiger partial charge in [0.2, 0.25) is 0 Å². The van der Waals surface area contributed by atoms with Crippen molar-refractivity contribution in [3.63, 3.8) is 0 Å². The van der Waals surface area contributed by atoms with Crippen LogP contribution in [0.15, 0.2) is 24.3 Å². The number of hydrogen-bond acceptors (Lipinski definition) is 4. The van der Waals surface area contributed by atoms with E-state index >= 15 is 0 Å². The number of nitrogens with zero attached hydrogens (tertiary/aromatic N) is 1. The summed E-state index contributed by atoms with van der Waals surface area (Å²) in [6.45, 7) is 4.13. The number of phenolic OH excluding ortho intramolecular Hbond substituents is 1. The van der Waals surface area contributed by atoms with Gasteiger partial charge in [-0.3, -0.25) is 0 Å². The summed E-state index contributed by atoms with van der Waals surface area (Å²) in [6.07, 6.45) is 0.941. The van der Waals surface area contributed by atoms with Gasteiger partial charge in [0.1, 0.15) is 5.75 Å². The van der Waals surface area contributed by atoms with Gasteiger partial charge in [0.05, 0.1) is 19.8 Å². The van der Waals surface area contributed by atoms with E-state index in [-0.39, 0.29) is 6.61 Å². The van der Waals surface area contributed by atoms with E-state index in [1.165, 1.54) is 5.56 Å². The monoisotopic (exact) mass is 253 g/mol. The van der Waals surface area contributed by atoms with Crippen LogP contribution in [0, 0.1) is 0 Å². The molecule has 0 aliphatic carbocycles. The smallest absolute Gasteiger partial charge is 0.115 e. The number of aliphatic hydroxyl groups excluding tert-OH is 1. The van der Waals surface area contributed by atoms with Crippen molar-refractivity contribution in [3.05, 3.63) is 29.8 Å². The first-order valence-electron chi connectivity index (χ1n) is 6.30. The Bertz CT molecular complexity index is 326. The van der Waals surface area contributed by atoms with Crippen molar-refractivity contribution in [3.8, 4) is 5.75 Å². The van der Waals surface area contributed by atoms with E-state index in [9.17, 15) is 5.11 Å². The predicted molar refractivity (Wildman–Crippen MR) is 71.8 cm³/mol. The van der Waals surface area contributed by atoms with Gasteiger partial charge in [-0.05, 0) is 38.1 Å². The lowest BCUT2D eigenvalue weighted by atomic mass is 10.1. The van der Waals surface area contributed by atoms with E-state index in [4.69, 9.17) is 9.84 Å². The Morgan fingerprint density at radius 3 is 2.50 bits per heavy atom. The van der Waals surface area contributed by atoms with Crippen LogP contribution < -0.4 is 0 Å². The van der Waals surface area contributed by atoms with Crippen LogP contribution >= 0.6 is 0 Å². The Hall–Kier alpha value is -1.10. The van der Waals surface area contributed by atoms with Crippen molar-refractivity contribution >= 4 is 0 Å². The highest BCUT2D eigenvalue weighted by Crippen LogP contribution is 2.12. The summed E-state index contributed by atoms with van der Waals surface area (Å²) < 4.78 is 5.24. The first kappa shape index (κ1) is 15.0. The summed E-state index contributed by atoms with van der Waals surface area (Å²) in [6, 6.07) is 7.73. The molecule has 1 unspecified atom stereocenters. The maximum atomic E-state index is 9.22. The molecule has 0 aliphatic heterocycles. The average Bonchev–Trinajstić information content (AvgIpc) is 2.37. The van der Waals surface area contributed by atoms with Gasteiger partial charge < -0.3 is 19.8 Å². The van der Waals surface area contributed by atoms with Gasteiger partial charge in [0.25, 0.3) is 0 Å². The number of aliphatic hydroxyl groups is 1. The third-order valence-electron chi connectivity index (χ3n) is 3.04. The van der Waals surface area contributed by atoms with E-state index < -0.39 is 0 Å². The molecule has 0 amide bonds. The molecule has 0 aromatic heterocycles. The van der Waals surface area contributed by atoms with Gasteiger partial charge in [-0.25, -0.2) is 0 Å². The lowest BCUT2D eigenvalue weighted by Gasteiger charge is -2.24. The standard InChI is InChI=1S/C14H23NO3/c1-12(15(2)7-9-18-10-8-16)11-13-3-5-14(17)6-4-13/h3-6,12,16-17H,7-11H2,1-2H3. The lowest BCUT2D eigenvalue weighted by molar-refractivity contribution is 0.0719. The Kier molecular flexibility index (Phi) is 6.72. The molecule has 0 aliphatic rings. The molecule has 18 heavy (non-hydrogen) atoms. The quantitative estimate of drug-likeness (QED) is 0.685. The van der Waals surface area contributed by atoms with E-state index in [0.717, 1.165) is 13.0 Å². The maximum absolute atomic E-state index is 9.22. The third-order valence-corrected chi connectivity index (χ3v) is 3.04. The molecule has 1 rings (SSSR count). The third kappa shape index (κ3) is 5.49. The predicted octanol–water partition coefficient (Wildman–Crippen LogP) is 1.26. The molecule has 0 fully saturated rings. The van der Waals surface area contributed by atoms with Crippen LogP contribution in [-0.4, -0.2) is 54.6 Å². The Balaban J connectivity index is 2.30. The normalized spacial score (nSPS) is 12.9. The highest BCUT2D eigenvalue weighted by molar-refractivity contribution is 5.26. The molecule has 4 heteroatoms. The number of aromatic hydroxyl groups is 1. The molecule has 2 N–H and O–H groups in total. The van der Waals surface area contributed by atoms with Crippen molar-refractivity contribution in [2.45, 2.75) is 19.4 Å². The van der Waals surface area contributed by atoms with E-state index in [0.29, 0.717) is 25.0 Å². The average molecular weight is 253 g/mol. The summed E-state index contributed by atoms with van der Waals surface area (Å²) in [5, 5.41) is 17.8. The number of phenols is 1. The largest absolute Gasteiger partial charge is 0.508 e. The summed E-state index contributed by atoms with van der Waals surface area (Å²) in [4.78, 5) is 2.23. The summed E-state index contributed by atoms with van der Waals surface area (Å²) in [5.74, 6) is 0.303. The van der Waals surface area contributed by atoms with Gasteiger partial charge >= 0.3 is 0 Å². The van der Waals surface area contributed by atoms with Gasteiger partial charge in [-0.2, -0.15) is 0 Å². The van der Waals surface area contributed by atoms with Crippen molar-refractivity contribution in [1.29, 1.82) is 0 Å². The summed E-state index contributed by atoms with van der Waals surface area (Å²) in [7, 11) is 2.06. The Labute approximate surface area is 109 Å². The van der Waals surface area contributed by atoms with Crippen LogP contribution in [0.25, 0.3) is 0 Å². The van der Waals surface area contributed by atoms with Crippen LogP contribution in [0.3, 0.4) is 0 Å². The van der Waals surface area contributed by atoms with Crippen LogP contribution in [-0.2, 0) is 11.2 Å². The zero-order chi connectivity index (χ0) is 13.4. The fraction of sp³-hybridized carbons (Fsp3) is 0.571. The van der Waals surface area contributed by atoms with Crippen LogP contribution in [0.4, 0.5) is 0 Å². The van der Waals surface area contributed by atoms with Crippen LogP contribution in [0.2, 0.25) is 0 Å². The maximum Gasteiger partial charge on any atom is 0.115 e. The molecule has 0 bridgehead atoms. The fourth-order valence-electron chi connectivity index (χ4n) is 1.72. The molecule has 0 saturated heterocycles. The summed E-state index contributed by atoms with van der Waals surface area (Å²) in [5.41, 5.74) is 1.21. The first-order valence-corrected chi connectivity index (χ1v) is 6.30. The SMILES string of the molecule is CC(Cc1ccc(O)cc1)N(C)CCOCCO. The zero-order valence-corrected chi connectivity index (χ0v) is 11.2. The molecule has 1 atom stereocenters. The minimum atomic E-state index is 0.0762. The molecule has 0 radical (unpaired) electrons.